The quantitative estimate of drug-likeness (QED) is 0.659. The molecular formula is C6H8F2O2. The molecule has 1 fully saturated rings. The Morgan fingerprint density at radius 1 is 1.70 bits per heavy atom. The van der Waals surface area contributed by atoms with E-state index >= 15 is 0 Å². The van der Waals surface area contributed by atoms with E-state index in [0.717, 1.165) is 0 Å². The fraction of sp³-hybridized carbons (Fsp3) is 0.833. The maximum Gasteiger partial charge on any atom is 0.306 e. The van der Waals surface area contributed by atoms with Gasteiger partial charge in [0.15, 0.2) is 0 Å². The van der Waals surface area contributed by atoms with Crippen LogP contribution < -0.4 is 0 Å². The molecule has 0 radical (unpaired) electrons. The molecule has 0 heterocycles. The second-order valence-corrected chi connectivity index (χ2v) is 2.57. The Balaban J connectivity index is 2.20. The number of hydrogen-bond acceptors (Lipinski definition) is 1. The second-order valence-electron chi connectivity index (χ2n) is 2.57. The average molecular weight is 150 g/mol. The van der Waals surface area contributed by atoms with Crippen LogP contribution in [0.25, 0.3) is 0 Å². The summed E-state index contributed by atoms with van der Waals surface area (Å²) >= 11 is 0. The van der Waals surface area contributed by atoms with Crippen molar-refractivity contribution < 1.29 is 18.7 Å². The lowest BCUT2D eigenvalue weighted by molar-refractivity contribution is -0.138. The van der Waals surface area contributed by atoms with Gasteiger partial charge in [-0.1, -0.05) is 0 Å². The van der Waals surface area contributed by atoms with Crippen LogP contribution in [-0.2, 0) is 4.79 Å². The normalized spacial score (nSPS) is 30.7. The summed E-state index contributed by atoms with van der Waals surface area (Å²) in [5.41, 5.74) is 0. The van der Waals surface area contributed by atoms with Gasteiger partial charge in [-0.15, -0.1) is 0 Å². The minimum Gasteiger partial charge on any atom is -0.481 e. The van der Waals surface area contributed by atoms with Crippen molar-refractivity contribution in [3.63, 3.8) is 0 Å². The van der Waals surface area contributed by atoms with E-state index in [1.54, 1.807) is 0 Å². The zero-order chi connectivity index (χ0) is 7.72. The summed E-state index contributed by atoms with van der Waals surface area (Å²) in [6, 6.07) is 0. The lowest BCUT2D eigenvalue weighted by Gasteiger charge is -1.93. The molecule has 4 heteroatoms. The van der Waals surface area contributed by atoms with Crippen molar-refractivity contribution in [1.29, 1.82) is 0 Å². The van der Waals surface area contributed by atoms with E-state index in [0.29, 0.717) is 6.42 Å². The Kier molecular flexibility index (Phi) is 1.87. The first kappa shape index (κ1) is 7.44. The van der Waals surface area contributed by atoms with Crippen molar-refractivity contribution in [3.05, 3.63) is 0 Å². The maximum absolute atomic E-state index is 11.6. The van der Waals surface area contributed by atoms with Crippen LogP contribution in [0, 0.1) is 11.8 Å². The Morgan fingerprint density at radius 2 is 2.30 bits per heavy atom. The van der Waals surface area contributed by atoms with E-state index < -0.39 is 18.3 Å². The lowest BCUT2D eigenvalue weighted by atomic mass is 10.2. The number of alkyl halides is 2. The van der Waals surface area contributed by atoms with Crippen LogP contribution in [0.5, 0.6) is 0 Å². The molecule has 1 saturated carbocycles. The van der Waals surface area contributed by atoms with Gasteiger partial charge in [0, 0.05) is 6.42 Å². The van der Waals surface area contributed by atoms with Crippen LogP contribution in [0.4, 0.5) is 8.78 Å². The van der Waals surface area contributed by atoms with Gasteiger partial charge in [0.25, 0.3) is 0 Å². The summed E-state index contributed by atoms with van der Waals surface area (Å²) in [6.45, 7) is 0. The average Bonchev–Trinajstić information content (AvgIpc) is 2.43. The SMILES string of the molecule is O=C(O)[C@@H]1CC1CC(F)F. The van der Waals surface area contributed by atoms with Gasteiger partial charge in [-0.25, -0.2) is 8.78 Å². The summed E-state index contributed by atoms with van der Waals surface area (Å²) < 4.78 is 23.1. The summed E-state index contributed by atoms with van der Waals surface area (Å²) in [7, 11) is 0. The molecule has 0 aromatic rings. The number of carboxylic acids is 1. The maximum atomic E-state index is 11.6. The Labute approximate surface area is 56.8 Å². The van der Waals surface area contributed by atoms with Gasteiger partial charge in [0.05, 0.1) is 5.92 Å². The second kappa shape index (κ2) is 2.52. The molecule has 2 atom stereocenters. The molecule has 1 aliphatic carbocycles. The lowest BCUT2D eigenvalue weighted by Crippen LogP contribution is -2.01. The van der Waals surface area contributed by atoms with Crippen LogP contribution in [0.15, 0.2) is 0 Å². The molecule has 2 nitrogen and oxygen atoms in total. The van der Waals surface area contributed by atoms with Gasteiger partial charge in [-0.05, 0) is 12.3 Å². The summed E-state index contributed by atoms with van der Waals surface area (Å²) in [5.74, 6) is -1.70. The molecule has 1 N–H and O–H groups in total. The Bertz CT molecular complexity index is 147. The van der Waals surface area contributed by atoms with Crippen molar-refractivity contribution in [1.82, 2.24) is 0 Å². The first-order chi connectivity index (χ1) is 4.61. The minimum atomic E-state index is -2.35. The highest BCUT2D eigenvalue weighted by Crippen LogP contribution is 2.42. The molecule has 10 heavy (non-hydrogen) atoms. The van der Waals surface area contributed by atoms with Crippen molar-refractivity contribution in [2.24, 2.45) is 11.8 Å². The van der Waals surface area contributed by atoms with E-state index in [4.69, 9.17) is 5.11 Å². The van der Waals surface area contributed by atoms with E-state index in [2.05, 4.69) is 0 Å². The molecule has 1 aliphatic rings. The van der Waals surface area contributed by atoms with Gasteiger partial charge in [-0.2, -0.15) is 0 Å². The van der Waals surface area contributed by atoms with Crippen molar-refractivity contribution >= 4 is 5.97 Å². The van der Waals surface area contributed by atoms with E-state index in [1.807, 2.05) is 0 Å². The summed E-state index contributed by atoms with van der Waals surface area (Å²) in [4.78, 5) is 10.1. The molecular weight excluding hydrogens is 142 g/mol. The number of hydrogen-bond donors (Lipinski definition) is 1. The van der Waals surface area contributed by atoms with Crippen molar-refractivity contribution in [3.8, 4) is 0 Å². The van der Waals surface area contributed by atoms with Crippen LogP contribution in [0.2, 0.25) is 0 Å². The van der Waals surface area contributed by atoms with E-state index in [1.165, 1.54) is 0 Å². The van der Waals surface area contributed by atoms with Gasteiger partial charge in [-0.3, -0.25) is 4.79 Å². The zero-order valence-corrected chi connectivity index (χ0v) is 5.26. The Morgan fingerprint density at radius 3 is 2.60 bits per heavy atom. The first-order valence-electron chi connectivity index (χ1n) is 3.12. The highest BCUT2D eigenvalue weighted by Gasteiger charge is 2.44. The van der Waals surface area contributed by atoms with Gasteiger partial charge in [0.2, 0.25) is 6.43 Å². The number of aliphatic carboxylic acids is 1. The smallest absolute Gasteiger partial charge is 0.306 e. The van der Waals surface area contributed by atoms with Crippen LogP contribution in [-0.4, -0.2) is 17.5 Å². The fourth-order valence-electron chi connectivity index (χ4n) is 1.04. The van der Waals surface area contributed by atoms with Crippen molar-refractivity contribution in [2.75, 3.05) is 0 Å². The molecule has 0 amide bonds. The standard InChI is InChI=1S/C6H8F2O2/c7-5(8)2-3-1-4(3)6(9)10/h3-5H,1-2H2,(H,9,10)/t3?,4-/m1/s1. The molecule has 0 aromatic carbocycles. The Hall–Kier alpha value is -0.670. The van der Waals surface area contributed by atoms with Gasteiger partial charge >= 0.3 is 5.97 Å². The minimum absolute atomic E-state index is 0.253. The third kappa shape index (κ3) is 1.65. The van der Waals surface area contributed by atoms with Crippen LogP contribution in [0.1, 0.15) is 12.8 Å². The molecule has 1 unspecified atom stereocenters. The van der Waals surface area contributed by atoms with E-state index in [-0.39, 0.29) is 12.3 Å². The highest BCUT2D eigenvalue weighted by molar-refractivity contribution is 5.73. The van der Waals surface area contributed by atoms with Crippen molar-refractivity contribution in [2.45, 2.75) is 19.3 Å². The number of carboxylic acid groups (broad SMARTS) is 1. The monoisotopic (exact) mass is 150 g/mol. The largest absolute Gasteiger partial charge is 0.481 e. The zero-order valence-electron chi connectivity index (χ0n) is 5.26. The predicted octanol–water partition coefficient (Wildman–Crippen LogP) is 1.36. The molecule has 0 bridgehead atoms. The number of carbonyl (C=O) groups is 1. The fourth-order valence-corrected chi connectivity index (χ4v) is 1.04. The third-order valence-corrected chi connectivity index (χ3v) is 1.72. The molecule has 0 saturated heterocycles. The van der Waals surface area contributed by atoms with Crippen LogP contribution >= 0.6 is 0 Å². The first-order valence-corrected chi connectivity index (χ1v) is 3.12. The molecule has 0 aromatic heterocycles. The third-order valence-electron chi connectivity index (χ3n) is 1.72. The number of halogens is 2. The molecule has 0 aliphatic heterocycles. The number of rotatable bonds is 3. The molecule has 1 rings (SSSR count). The van der Waals surface area contributed by atoms with Crippen LogP contribution in [0.3, 0.4) is 0 Å². The van der Waals surface area contributed by atoms with Gasteiger partial charge < -0.3 is 5.11 Å². The summed E-state index contributed by atoms with van der Waals surface area (Å²) in [5, 5.41) is 8.29. The topological polar surface area (TPSA) is 37.3 Å². The molecule has 0 spiro atoms. The summed E-state index contributed by atoms with van der Waals surface area (Å²) in [6.07, 6.45) is -2.18. The molecule has 58 valence electrons. The highest BCUT2D eigenvalue weighted by atomic mass is 19.3. The van der Waals surface area contributed by atoms with Gasteiger partial charge in [0.1, 0.15) is 0 Å². The predicted molar refractivity (Wildman–Crippen MR) is 29.9 cm³/mol. The van der Waals surface area contributed by atoms with E-state index in [9.17, 15) is 13.6 Å².